The lowest BCUT2D eigenvalue weighted by Gasteiger charge is -2.18. The van der Waals surface area contributed by atoms with Gasteiger partial charge in [-0.3, -0.25) is 19.7 Å². The van der Waals surface area contributed by atoms with E-state index in [1.165, 1.54) is 0 Å². The number of thiocarbonyl (C=S) groups is 1. The molecule has 0 radical (unpaired) electrons. The summed E-state index contributed by atoms with van der Waals surface area (Å²) in [4.78, 5) is 37.8. The number of rotatable bonds is 2. The molecule has 0 saturated carbocycles. The van der Waals surface area contributed by atoms with Crippen LogP contribution in [0.25, 0.3) is 0 Å². The summed E-state index contributed by atoms with van der Waals surface area (Å²) >= 11 is 8.53. The maximum Gasteiger partial charge on any atom is 0.257 e. The summed E-state index contributed by atoms with van der Waals surface area (Å²) in [6.07, 6.45) is 0. The molecule has 0 unspecified atom stereocenters. The van der Waals surface area contributed by atoms with E-state index in [0.29, 0.717) is 33.5 Å². The Hall–Kier alpha value is -3.16. The van der Waals surface area contributed by atoms with Crippen LogP contribution in [0.2, 0.25) is 0 Å². The maximum absolute atomic E-state index is 12.8. The van der Waals surface area contributed by atoms with Crippen molar-refractivity contribution in [2.45, 2.75) is 0 Å². The van der Waals surface area contributed by atoms with Crippen LogP contribution < -0.4 is 10.6 Å². The fourth-order valence-corrected chi connectivity index (χ4v) is 3.75. The molecule has 3 aromatic rings. The van der Waals surface area contributed by atoms with Gasteiger partial charge in [0, 0.05) is 38.0 Å². The molecular weight excluding hydrogens is 452 g/mol. The van der Waals surface area contributed by atoms with Crippen molar-refractivity contribution in [2.75, 3.05) is 5.32 Å². The number of carbonyl (C=O) groups excluding carboxylic acids is 3. The van der Waals surface area contributed by atoms with E-state index in [2.05, 4.69) is 26.6 Å². The third kappa shape index (κ3) is 3.74. The van der Waals surface area contributed by atoms with Crippen LogP contribution in [0.3, 0.4) is 0 Å². The van der Waals surface area contributed by atoms with Gasteiger partial charge in [0.25, 0.3) is 5.91 Å². The number of halogens is 1. The highest BCUT2D eigenvalue weighted by Crippen LogP contribution is 2.29. The molecule has 0 aliphatic heterocycles. The van der Waals surface area contributed by atoms with Gasteiger partial charge in [-0.2, -0.15) is 0 Å². The van der Waals surface area contributed by atoms with E-state index in [4.69, 9.17) is 12.2 Å². The molecule has 1 aliphatic rings. The summed E-state index contributed by atoms with van der Waals surface area (Å²) in [5.74, 6) is -0.767. The van der Waals surface area contributed by atoms with Gasteiger partial charge in [0.05, 0.1) is 0 Å². The van der Waals surface area contributed by atoms with E-state index in [9.17, 15) is 14.4 Å². The van der Waals surface area contributed by atoms with Gasteiger partial charge in [-0.05, 0) is 48.6 Å². The Balaban J connectivity index is 1.54. The van der Waals surface area contributed by atoms with Gasteiger partial charge in [-0.15, -0.1) is 0 Å². The van der Waals surface area contributed by atoms with Gasteiger partial charge >= 0.3 is 0 Å². The number of amides is 1. The molecule has 0 saturated heterocycles. The van der Waals surface area contributed by atoms with Crippen LogP contribution >= 0.6 is 28.1 Å². The molecule has 4 rings (SSSR count). The first-order chi connectivity index (χ1) is 13.9. The molecule has 1 aliphatic carbocycles. The number of hydrogen-bond acceptors (Lipinski definition) is 4. The third-order valence-corrected chi connectivity index (χ3v) is 5.19. The smallest absolute Gasteiger partial charge is 0.257 e. The minimum absolute atomic E-state index is 0.0879. The molecule has 1 amide bonds. The highest BCUT2D eigenvalue weighted by Gasteiger charge is 2.29. The second kappa shape index (κ2) is 7.69. The monoisotopic (exact) mass is 464 g/mol. The topological polar surface area (TPSA) is 75.3 Å². The van der Waals surface area contributed by atoms with Crippen LogP contribution in [0.1, 0.15) is 42.2 Å². The SMILES string of the molecule is O=C(NC(=S)Nc1ccc2c(c1)C(=O)c1ccccc1C2=O)c1cccc(Br)c1. The summed E-state index contributed by atoms with van der Waals surface area (Å²) in [5, 5.41) is 5.58. The van der Waals surface area contributed by atoms with Crippen molar-refractivity contribution in [3.63, 3.8) is 0 Å². The second-order valence-corrected chi connectivity index (χ2v) is 7.71. The summed E-state index contributed by atoms with van der Waals surface area (Å²) in [7, 11) is 0. The lowest BCUT2D eigenvalue weighted by atomic mass is 9.84. The predicted molar refractivity (Wildman–Crippen MR) is 118 cm³/mol. The molecular formula is C22H13BrN2O3S. The van der Waals surface area contributed by atoms with Gasteiger partial charge in [-0.1, -0.05) is 46.3 Å². The van der Waals surface area contributed by atoms with Crippen LogP contribution in [0.15, 0.2) is 71.2 Å². The molecule has 142 valence electrons. The molecule has 0 fully saturated rings. The van der Waals surface area contributed by atoms with Gasteiger partial charge in [0.2, 0.25) is 0 Å². The van der Waals surface area contributed by atoms with Crippen LogP contribution in [-0.4, -0.2) is 22.6 Å². The molecule has 0 atom stereocenters. The summed E-state index contributed by atoms with van der Waals surface area (Å²) in [6.45, 7) is 0. The Bertz CT molecular complexity index is 1210. The quantitative estimate of drug-likeness (QED) is 0.431. The summed E-state index contributed by atoms with van der Waals surface area (Å²) in [5.41, 5.74) is 2.40. The average Bonchev–Trinajstić information content (AvgIpc) is 2.72. The Morgan fingerprint density at radius 3 is 2.14 bits per heavy atom. The first-order valence-electron chi connectivity index (χ1n) is 8.64. The molecule has 2 N–H and O–H groups in total. The van der Waals surface area contributed by atoms with Gasteiger partial charge in [0.1, 0.15) is 0 Å². The van der Waals surface area contributed by atoms with Crippen molar-refractivity contribution >= 4 is 56.4 Å². The van der Waals surface area contributed by atoms with Crippen LogP contribution in [-0.2, 0) is 0 Å². The van der Waals surface area contributed by atoms with Crippen molar-refractivity contribution in [2.24, 2.45) is 0 Å². The molecule has 29 heavy (non-hydrogen) atoms. The maximum atomic E-state index is 12.8. The molecule has 0 bridgehead atoms. The minimum Gasteiger partial charge on any atom is -0.332 e. The highest BCUT2D eigenvalue weighted by molar-refractivity contribution is 9.10. The predicted octanol–water partition coefficient (Wildman–Crippen LogP) is 4.35. The van der Waals surface area contributed by atoms with Crippen molar-refractivity contribution in [3.05, 3.63) is 99.0 Å². The number of fused-ring (bicyclic) bond motifs is 2. The number of hydrogen-bond donors (Lipinski definition) is 2. The van der Waals surface area contributed by atoms with Crippen molar-refractivity contribution < 1.29 is 14.4 Å². The Labute approximate surface area is 180 Å². The van der Waals surface area contributed by atoms with Crippen LogP contribution in [0.4, 0.5) is 5.69 Å². The van der Waals surface area contributed by atoms with E-state index in [1.807, 2.05) is 6.07 Å². The van der Waals surface area contributed by atoms with E-state index in [1.54, 1.807) is 60.7 Å². The largest absolute Gasteiger partial charge is 0.332 e. The number of benzene rings is 3. The van der Waals surface area contributed by atoms with Gasteiger partial charge < -0.3 is 5.32 Å². The second-order valence-electron chi connectivity index (χ2n) is 6.38. The average molecular weight is 465 g/mol. The molecule has 0 spiro atoms. The Kier molecular flexibility index (Phi) is 5.08. The zero-order valence-corrected chi connectivity index (χ0v) is 17.3. The fraction of sp³-hybridized carbons (Fsp3) is 0. The summed E-state index contributed by atoms with van der Waals surface area (Å²) in [6, 6.07) is 18.5. The molecule has 0 heterocycles. The van der Waals surface area contributed by atoms with Crippen LogP contribution in [0.5, 0.6) is 0 Å². The zero-order valence-electron chi connectivity index (χ0n) is 14.9. The third-order valence-electron chi connectivity index (χ3n) is 4.50. The molecule has 7 heteroatoms. The van der Waals surface area contributed by atoms with Crippen LogP contribution in [0, 0.1) is 0 Å². The molecule has 0 aromatic heterocycles. The molecule has 5 nitrogen and oxygen atoms in total. The normalized spacial score (nSPS) is 12.0. The van der Waals surface area contributed by atoms with E-state index >= 15 is 0 Å². The van der Waals surface area contributed by atoms with E-state index < -0.39 is 0 Å². The van der Waals surface area contributed by atoms with Crippen molar-refractivity contribution in [1.29, 1.82) is 0 Å². The number of nitrogens with one attached hydrogen (secondary N) is 2. The first-order valence-corrected chi connectivity index (χ1v) is 9.84. The minimum atomic E-state index is -0.359. The number of carbonyl (C=O) groups is 3. The van der Waals surface area contributed by atoms with E-state index in [-0.39, 0.29) is 22.6 Å². The van der Waals surface area contributed by atoms with Gasteiger partial charge in [-0.25, -0.2) is 0 Å². The Morgan fingerprint density at radius 1 is 0.793 bits per heavy atom. The lowest BCUT2D eigenvalue weighted by molar-refractivity contribution is 0.0976. The van der Waals surface area contributed by atoms with Gasteiger partial charge in [0.15, 0.2) is 16.7 Å². The molecule has 3 aromatic carbocycles. The lowest BCUT2D eigenvalue weighted by Crippen LogP contribution is -2.34. The van der Waals surface area contributed by atoms with E-state index in [0.717, 1.165) is 4.47 Å². The first kappa shape index (κ1) is 19.2. The highest BCUT2D eigenvalue weighted by atomic mass is 79.9. The summed E-state index contributed by atoms with van der Waals surface area (Å²) < 4.78 is 0.780. The standard InChI is InChI=1S/C22H13BrN2O3S/c23-13-5-3-4-12(10-13)21(28)25-22(29)24-14-8-9-17-18(11-14)20(27)16-7-2-1-6-15(16)19(17)26/h1-11H,(H2,24,25,28,29). The van der Waals surface area contributed by atoms with Crippen molar-refractivity contribution in [1.82, 2.24) is 5.32 Å². The number of ketones is 2. The zero-order chi connectivity index (χ0) is 20.5. The fourth-order valence-electron chi connectivity index (χ4n) is 3.14. The van der Waals surface area contributed by atoms with Crippen molar-refractivity contribution in [3.8, 4) is 0 Å². The number of anilines is 1. The Morgan fingerprint density at radius 2 is 1.45 bits per heavy atom.